The van der Waals surface area contributed by atoms with Gasteiger partial charge in [-0.05, 0) is 38.1 Å². The zero-order valence-corrected chi connectivity index (χ0v) is 16.3. The average molecular weight is 387 g/mol. The molecule has 0 atom stereocenters. The molecule has 29 heavy (non-hydrogen) atoms. The van der Waals surface area contributed by atoms with Crippen molar-refractivity contribution in [3.63, 3.8) is 0 Å². The largest absolute Gasteiger partial charge is 0.451 e. The number of aryl methyl sites for hydroxylation is 1. The SMILES string of the molecule is CCn1c(CNC(=O)c2ccc(-c3ccc(C(C)=O)cc3)o2)nc2ccccc21. The summed E-state index contributed by atoms with van der Waals surface area (Å²) in [5, 5.41) is 2.88. The Hall–Kier alpha value is -3.67. The lowest BCUT2D eigenvalue weighted by Gasteiger charge is -2.07. The van der Waals surface area contributed by atoms with E-state index in [1.807, 2.05) is 24.3 Å². The van der Waals surface area contributed by atoms with Crippen LogP contribution >= 0.6 is 0 Å². The van der Waals surface area contributed by atoms with Crippen LogP contribution in [0.5, 0.6) is 0 Å². The van der Waals surface area contributed by atoms with Gasteiger partial charge >= 0.3 is 0 Å². The highest BCUT2D eigenvalue weighted by Crippen LogP contribution is 2.23. The molecular formula is C23H21N3O3. The molecule has 0 aliphatic rings. The Balaban J connectivity index is 1.48. The summed E-state index contributed by atoms with van der Waals surface area (Å²) in [5.74, 6) is 1.31. The monoisotopic (exact) mass is 387 g/mol. The Bertz CT molecular complexity index is 1190. The van der Waals surface area contributed by atoms with Crippen molar-refractivity contribution in [1.29, 1.82) is 0 Å². The molecule has 0 saturated heterocycles. The van der Waals surface area contributed by atoms with Crippen LogP contribution in [0.1, 0.15) is 40.6 Å². The Morgan fingerprint density at radius 1 is 1.03 bits per heavy atom. The van der Waals surface area contributed by atoms with E-state index in [-0.39, 0.29) is 17.5 Å². The van der Waals surface area contributed by atoms with Crippen molar-refractivity contribution in [1.82, 2.24) is 14.9 Å². The van der Waals surface area contributed by atoms with E-state index in [9.17, 15) is 9.59 Å². The number of hydrogen-bond acceptors (Lipinski definition) is 4. The molecule has 0 bridgehead atoms. The summed E-state index contributed by atoms with van der Waals surface area (Å²) in [6.45, 7) is 4.66. The fourth-order valence-electron chi connectivity index (χ4n) is 3.34. The second-order valence-electron chi connectivity index (χ2n) is 6.74. The molecule has 6 heteroatoms. The molecule has 0 aliphatic heterocycles. The van der Waals surface area contributed by atoms with Gasteiger partial charge in [0.15, 0.2) is 11.5 Å². The molecular weight excluding hydrogens is 366 g/mol. The zero-order chi connectivity index (χ0) is 20.4. The molecule has 0 aliphatic carbocycles. The Morgan fingerprint density at radius 2 is 1.79 bits per heavy atom. The predicted octanol–water partition coefficient (Wildman–Crippen LogP) is 4.45. The molecule has 1 amide bonds. The van der Waals surface area contributed by atoms with E-state index in [0.29, 0.717) is 17.9 Å². The number of para-hydroxylation sites is 2. The number of hydrogen-bond donors (Lipinski definition) is 1. The molecule has 0 saturated carbocycles. The van der Waals surface area contributed by atoms with E-state index in [1.165, 1.54) is 6.92 Å². The standard InChI is InChI=1S/C23H21N3O3/c1-3-26-19-7-5-4-6-18(19)25-22(26)14-24-23(28)21-13-12-20(29-21)17-10-8-16(9-11-17)15(2)27/h4-13H,3,14H2,1-2H3,(H,24,28). The minimum Gasteiger partial charge on any atom is -0.451 e. The first kappa shape index (κ1) is 18.7. The third-order valence-corrected chi connectivity index (χ3v) is 4.86. The van der Waals surface area contributed by atoms with Crippen molar-refractivity contribution in [2.24, 2.45) is 0 Å². The first-order chi connectivity index (χ1) is 14.1. The lowest BCUT2D eigenvalue weighted by Crippen LogP contribution is -2.24. The lowest BCUT2D eigenvalue weighted by molar-refractivity contribution is 0.0922. The second kappa shape index (κ2) is 7.75. The summed E-state index contributed by atoms with van der Waals surface area (Å²) in [4.78, 5) is 28.5. The highest BCUT2D eigenvalue weighted by atomic mass is 16.3. The number of imidazole rings is 1. The summed E-state index contributed by atoms with van der Waals surface area (Å²) >= 11 is 0. The number of Topliss-reactive ketones (excluding diaryl/α,β-unsaturated/α-hetero) is 1. The summed E-state index contributed by atoms with van der Waals surface area (Å²) in [7, 11) is 0. The molecule has 2 aromatic carbocycles. The van der Waals surface area contributed by atoms with Crippen molar-refractivity contribution in [3.05, 3.63) is 77.8 Å². The minimum atomic E-state index is -0.300. The number of rotatable bonds is 6. The molecule has 0 fully saturated rings. The summed E-state index contributed by atoms with van der Waals surface area (Å²) in [5.41, 5.74) is 3.40. The van der Waals surface area contributed by atoms with Crippen LogP contribution in [0.4, 0.5) is 0 Å². The Labute approximate surface area is 168 Å². The molecule has 0 spiro atoms. The number of nitrogens with one attached hydrogen (secondary N) is 1. The lowest BCUT2D eigenvalue weighted by atomic mass is 10.1. The molecule has 1 N–H and O–H groups in total. The fraction of sp³-hybridized carbons (Fsp3) is 0.174. The highest BCUT2D eigenvalue weighted by molar-refractivity contribution is 5.94. The van der Waals surface area contributed by atoms with Crippen molar-refractivity contribution >= 4 is 22.7 Å². The average Bonchev–Trinajstić information content (AvgIpc) is 3.36. The Morgan fingerprint density at radius 3 is 2.52 bits per heavy atom. The topological polar surface area (TPSA) is 77.1 Å². The van der Waals surface area contributed by atoms with Crippen LogP contribution in [0.25, 0.3) is 22.4 Å². The summed E-state index contributed by atoms with van der Waals surface area (Å²) < 4.78 is 7.79. The van der Waals surface area contributed by atoms with Crippen molar-refractivity contribution in [2.75, 3.05) is 0 Å². The van der Waals surface area contributed by atoms with Gasteiger partial charge in [-0.3, -0.25) is 9.59 Å². The number of benzene rings is 2. The number of aromatic nitrogens is 2. The molecule has 146 valence electrons. The maximum atomic E-state index is 12.5. The van der Waals surface area contributed by atoms with E-state index in [2.05, 4.69) is 21.8 Å². The maximum absolute atomic E-state index is 12.5. The van der Waals surface area contributed by atoms with Gasteiger partial charge in [-0.15, -0.1) is 0 Å². The molecule has 4 rings (SSSR count). The van der Waals surface area contributed by atoms with E-state index in [1.54, 1.807) is 36.4 Å². The first-order valence-electron chi connectivity index (χ1n) is 9.50. The molecule has 2 aromatic heterocycles. The molecule has 2 heterocycles. The van der Waals surface area contributed by atoms with Gasteiger partial charge in [0.05, 0.1) is 17.6 Å². The van der Waals surface area contributed by atoms with Crippen LogP contribution < -0.4 is 5.32 Å². The molecule has 4 aromatic rings. The number of carbonyl (C=O) groups excluding carboxylic acids is 2. The van der Waals surface area contributed by atoms with Crippen LogP contribution in [0.2, 0.25) is 0 Å². The molecule has 0 unspecified atom stereocenters. The van der Waals surface area contributed by atoms with Crippen LogP contribution in [0, 0.1) is 0 Å². The van der Waals surface area contributed by atoms with E-state index in [4.69, 9.17) is 4.42 Å². The van der Waals surface area contributed by atoms with E-state index < -0.39 is 0 Å². The van der Waals surface area contributed by atoms with Gasteiger partial charge in [-0.2, -0.15) is 0 Å². The van der Waals surface area contributed by atoms with Crippen molar-refractivity contribution in [3.8, 4) is 11.3 Å². The van der Waals surface area contributed by atoms with Gasteiger partial charge in [0.1, 0.15) is 11.6 Å². The quantitative estimate of drug-likeness (QED) is 0.496. The first-order valence-corrected chi connectivity index (χ1v) is 9.50. The van der Waals surface area contributed by atoms with Crippen LogP contribution in [-0.2, 0) is 13.1 Å². The van der Waals surface area contributed by atoms with Crippen molar-refractivity contribution in [2.45, 2.75) is 26.9 Å². The normalized spacial score (nSPS) is 11.0. The minimum absolute atomic E-state index is 0.00848. The number of nitrogens with zero attached hydrogens (tertiary/aromatic N) is 2. The van der Waals surface area contributed by atoms with Gasteiger partial charge in [0, 0.05) is 17.7 Å². The molecule has 6 nitrogen and oxygen atoms in total. The third-order valence-electron chi connectivity index (χ3n) is 4.86. The molecule has 0 radical (unpaired) electrons. The van der Waals surface area contributed by atoms with Crippen LogP contribution in [-0.4, -0.2) is 21.2 Å². The van der Waals surface area contributed by atoms with E-state index in [0.717, 1.165) is 29.0 Å². The number of ketones is 1. The Kier molecular flexibility index (Phi) is 4.99. The van der Waals surface area contributed by atoms with Crippen molar-refractivity contribution < 1.29 is 14.0 Å². The predicted molar refractivity (Wildman–Crippen MR) is 111 cm³/mol. The highest BCUT2D eigenvalue weighted by Gasteiger charge is 2.15. The van der Waals surface area contributed by atoms with Gasteiger partial charge in [0.25, 0.3) is 5.91 Å². The summed E-state index contributed by atoms with van der Waals surface area (Å²) in [6.07, 6.45) is 0. The maximum Gasteiger partial charge on any atom is 0.287 e. The van der Waals surface area contributed by atoms with Gasteiger partial charge in [0.2, 0.25) is 0 Å². The van der Waals surface area contributed by atoms with Crippen LogP contribution in [0.3, 0.4) is 0 Å². The smallest absolute Gasteiger partial charge is 0.287 e. The van der Waals surface area contributed by atoms with Gasteiger partial charge in [-0.25, -0.2) is 4.98 Å². The zero-order valence-electron chi connectivity index (χ0n) is 16.3. The van der Waals surface area contributed by atoms with E-state index >= 15 is 0 Å². The number of furan rings is 1. The number of carbonyl (C=O) groups is 2. The van der Waals surface area contributed by atoms with Gasteiger partial charge < -0.3 is 14.3 Å². The third kappa shape index (κ3) is 3.69. The second-order valence-corrected chi connectivity index (χ2v) is 6.74. The number of fused-ring (bicyclic) bond motifs is 1. The summed E-state index contributed by atoms with van der Waals surface area (Å²) in [6, 6.07) is 18.4. The van der Waals surface area contributed by atoms with Crippen LogP contribution in [0.15, 0.2) is 65.1 Å². The number of amides is 1. The van der Waals surface area contributed by atoms with Gasteiger partial charge in [-0.1, -0.05) is 36.4 Å². The fourth-order valence-corrected chi connectivity index (χ4v) is 3.34.